The lowest BCUT2D eigenvalue weighted by molar-refractivity contribution is -0.115. The molecule has 0 bridgehead atoms. The summed E-state index contributed by atoms with van der Waals surface area (Å²) in [5.74, 6) is 1.49. The molecule has 1 unspecified atom stereocenters. The minimum absolute atomic E-state index is 0.0713. The number of nitrogens with one attached hydrogen (secondary N) is 1. The van der Waals surface area contributed by atoms with E-state index in [2.05, 4.69) is 15.5 Å². The Morgan fingerprint density at radius 3 is 2.55 bits per heavy atom. The Morgan fingerprint density at radius 1 is 1.06 bits per heavy atom. The van der Waals surface area contributed by atoms with E-state index in [0.717, 1.165) is 33.6 Å². The van der Waals surface area contributed by atoms with E-state index in [9.17, 15) is 4.79 Å². The van der Waals surface area contributed by atoms with E-state index in [1.165, 1.54) is 11.8 Å². The summed E-state index contributed by atoms with van der Waals surface area (Å²) in [6.07, 6.45) is 0. The number of carbonyl (C=O) groups is 1. The largest absolute Gasteiger partial charge is 0.497 e. The fourth-order valence-electron chi connectivity index (χ4n) is 3.39. The van der Waals surface area contributed by atoms with Crippen LogP contribution in [0.1, 0.15) is 13.8 Å². The Hall–Kier alpha value is -3.32. The van der Waals surface area contributed by atoms with Gasteiger partial charge in [-0.2, -0.15) is 0 Å². The van der Waals surface area contributed by atoms with E-state index in [1.807, 2.05) is 85.1 Å². The Kier molecular flexibility index (Phi) is 6.23. The second-order valence-corrected chi connectivity index (χ2v) is 8.36. The standard InChI is InChI=1S/C24H24N4O2S/c1-4-28-22(18-12-14-19(30-3)15-13-18)26-27-24(28)31-16(2)23(29)25-21-11-7-9-17-8-5-6-10-20(17)21/h5-16H,4H2,1-3H3,(H,25,29). The summed E-state index contributed by atoms with van der Waals surface area (Å²) < 4.78 is 7.25. The zero-order valence-corrected chi connectivity index (χ0v) is 18.5. The van der Waals surface area contributed by atoms with Crippen LogP contribution in [-0.4, -0.2) is 33.0 Å². The number of amides is 1. The third-order valence-corrected chi connectivity index (χ3v) is 6.16. The van der Waals surface area contributed by atoms with Crippen LogP contribution in [0, 0.1) is 0 Å². The van der Waals surface area contributed by atoms with Gasteiger partial charge in [0.15, 0.2) is 11.0 Å². The molecule has 0 fully saturated rings. The fourth-order valence-corrected chi connectivity index (χ4v) is 4.31. The van der Waals surface area contributed by atoms with E-state index in [-0.39, 0.29) is 11.2 Å². The first-order chi connectivity index (χ1) is 15.1. The summed E-state index contributed by atoms with van der Waals surface area (Å²) >= 11 is 1.40. The van der Waals surface area contributed by atoms with Gasteiger partial charge in [0, 0.05) is 23.2 Å². The highest BCUT2D eigenvalue weighted by molar-refractivity contribution is 8.00. The van der Waals surface area contributed by atoms with E-state index < -0.39 is 0 Å². The number of hydrogen-bond acceptors (Lipinski definition) is 5. The lowest BCUT2D eigenvalue weighted by atomic mass is 10.1. The van der Waals surface area contributed by atoms with Crippen molar-refractivity contribution in [2.24, 2.45) is 0 Å². The molecule has 4 aromatic rings. The molecule has 7 heteroatoms. The van der Waals surface area contributed by atoms with Crippen molar-refractivity contribution >= 4 is 34.1 Å². The predicted molar refractivity (Wildman–Crippen MR) is 126 cm³/mol. The van der Waals surface area contributed by atoms with Crippen molar-refractivity contribution in [3.63, 3.8) is 0 Å². The highest BCUT2D eigenvalue weighted by Gasteiger charge is 2.21. The fraction of sp³-hybridized carbons (Fsp3) is 0.208. The number of methoxy groups -OCH3 is 1. The van der Waals surface area contributed by atoms with Crippen molar-refractivity contribution < 1.29 is 9.53 Å². The number of thioether (sulfide) groups is 1. The first-order valence-electron chi connectivity index (χ1n) is 10.1. The van der Waals surface area contributed by atoms with Crippen molar-refractivity contribution in [1.29, 1.82) is 0 Å². The first-order valence-corrected chi connectivity index (χ1v) is 11.0. The summed E-state index contributed by atoms with van der Waals surface area (Å²) in [4.78, 5) is 12.9. The van der Waals surface area contributed by atoms with Gasteiger partial charge in [-0.05, 0) is 49.6 Å². The monoisotopic (exact) mass is 432 g/mol. The number of hydrogen-bond donors (Lipinski definition) is 1. The van der Waals surface area contributed by atoms with Crippen molar-refractivity contribution in [2.45, 2.75) is 30.8 Å². The van der Waals surface area contributed by atoms with Crippen LogP contribution in [0.4, 0.5) is 5.69 Å². The Morgan fingerprint density at radius 2 is 1.81 bits per heavy atom. The molecule has 31 heavy (non-hydrogen) atoms. The Balaban J connectivity index is 1.52. The number of rotatable bonds is 7. The minimum atomic E-state index is -0.336. The quantitative estimate of drug-likeness (QED) is 0.404. The molecule has 1 aromatic heterocycles. The minimum Gasteiger partial charge on any atom is -0.497 e. The molecule has 3 aromatic carbocycles. The summed E-state index contributed by atoms with van der Waals surface area (Å²) in [5, 5.41) is 14.3. The predicted octanol–water partition coefficient (Wildman–Crippen LogP) is 5.25. The number of aromatic nitrogens is 3. The summed E-state index contributed by atoms with van der Waals surface area (Å²) in [5.41, 5.74) is 1.77. The number of ether oxygens (including phenoxy) is 1. The average molecular weight is 433 g/mol. The molecular formula is C24H24N4O2S. The van der Waals surface area contributed by atoms with E-state index in [0.29, 0.717) is 11.7 Å². The second-order valence-electron chi connectivity index (χ2n) is 7.05. The topological polar surface area (TPSA) is 69.0 Å². The van der Waals surface area contributed by atoms with Crippen molar-refractivity contribution in [2.75, 3.05) is 12.4 Å². The second kappa shape index (κ2) is 9.22. The van der Waals surface area contributed by atoms with Crippen LogP contribution in [-0.2, 0) is 11.3 Å². The van der Waals surface area contributed by atoms with Gasteiger partial charge in [-0.1, -0.05) is 48.2 Å². The number of nitrogens with zero attached hydrogens (tertiary/aromatic N) is 3. The molecule has 0 saturated heterocycles. The van der Waals surface area contributed by atoms with Crippen LogP contribution in [0.25, 0.3) is 22.2 Å². The zero-order valence-electron chi connectivity index (χ0n) is 17.7. The maximum Gasteiger partial charge on any atom is 0.237 e. The smallest absolute Gasteiger partial charge is 0.237 e. The SMILES string of the molecule is CCn1c(SC(C)C(=O)Nc2cccc3ccccc23)nnc1-c1ccc(OC)cc1. The molecule has 4 rings (SSSR count). The van der Waals surface area contributed by atoms with Gasteiger partial charge in [0.25, 0.3) is 0 Å². The average Bonchev–Trinajstić information content (AvgIpc) is 3.21. The summed E-state index contributed by atoms with van der Waals surface area (Å²) in [6.45, 7) is 4.63. The molecule has 0 spiro atoms. The van der Waals surface area contributed by atoms with Gasteiger partial charge in [-0.25, -0.2) is 0 Å². The van der Waals surface area contributed by atoms with Crippen molar-refractivity contribution in [3.05, 3.63) is 66.7 Å². The van der Waals surface area contributed by atoms with Crippen LogP contribution in [0.5, 0.6) is 5.75 Å². The molecule has 0 saturated carbocycles. The lowest BCUT2D eigenvalue weighted by Crippen LogP contribution is -2.23. The van der Waals surface area contributed by atoms with Gasteiger partial charge in [-0.3, -0.25) is 4.79 Å². The van der Waals surface area contributed by atoms with Gasteiger partial charge >= 0.3 is 0 Å². The number of benzene rings is 3. The maximum absolute atomic E-state index is 12.9. The Labute approximate surface area is 185 Å². The van der Waals surface area contributed by atoms with Gasteiger partial charge in [-0.15, -0.1) is 10.2 Å². The molecule has 0 aliphatic carbocycles. The molecule has 1 heterocycles. The molecule has 1 N–H and O–H groups in total. The van der Waals surface area contributed by atoms with Gasteiger partial charge in [0.2, 0.25) is 5.91 Å². The number of carbonyl (C=O) groups excluding carboxylic acids is 1. The van der Waals surface area contributed by atoms with Crippen LogP contribution >= 0.6 is 11.8 Å². The summed E-state index contributed by atoms with van der Waals surface area (Å²) in [7, 11) is 1.64. The molecular weight excluding hydrogens is 408 g/mol. The number of fused-ring (bicyclic) bond motifs is 1. The molecule has 0 aliphatic heterocycles. The maximum atomic E-state index is 12.9. The highest BCUT2D eigenvalue weighted by atomic mass is 32.2. The third kappa shape index (κ3) is 4.41. The Bertz CT molecular complexity index is 1200. The van der Waals surface area contributed by atoms with E-state index in [4.69, 9.17) is 4.74 Å². The summed E-state index contributed by atoms with van der Waals surface area (Å²) in [6, 6.07) is 21.6. The molecule has 0 aliphatic rings. The highest BCUT2D eigenvalue weighted by Crippen LogP contribution is 2.29. The van der Waals surface area contributed by atoms with Crippen molar-refractivity contribution in [1.82, 2.24) is 14.8 Å². The van der Waals surface area contributed by atoms with Crippen LogP contribution in [0.2, 0.25) is 0 Å². The van der Waals surface area contributed by atoms with Gasteiger partial charge < -0.3 is 14.6 Å². The van der Waals surface area contributed by atoms with Gasteiger partial charge in [0.05, 0.1) is 12.4 Å². The zero-order chi connectivity index (χ0) is 21.8. The van der Waals surface area contributed by atoms with E-state index >= 15 is 0 Å². The van der Waals surface area contributed by atoms with Gasteiger partial charge in [0.1, 0.15) is 5.75 Å². The molecule has 1 atom stereocenters. The first kappa shape index (κ1) is 20.9. The molecule has 158 valence electrons. The number of anilines is 1. The van der Waals surface area contributed by atoms with Crippen molar-refractivity contribution in [3.8, 4) is 17.1 Å². The molecule has 6 nitrogen and oxygen atoms in total. The lowest BCUT2D eigenvalue weighted by Gasteiger charge is -2.14. The normalized spacial score (nSPS) is 12.0. The third-order valence-electron chi connectivity index (χ3n) is 5.08. The van der Waals surface area contributed by atoms with E-state index in [1.54, 1.807) is 7.11 Å². The molecule has 0 radical (unpaired) electrons. The van der Waals surface area contributed by atoms with Crippen LogP contribution in [0.3, 0.4) is 0 Å². The molecule has 1 amide bonds. The van der Waals surface area contributed by atoms with Crippen LogP contribution < -0.4 is 10.1 Å². The van der Waals surface area contributed by atoms with Crippen LogP contribution in [0.15, 0.2) is 71.9 Å².